The van der Waals surface area contributed by atoms with Crippen LogP contribution in [0.3, 0.4) is 0 Å². The van der Waals surface area contributed by atoms with Crippen LogP contribution in [0.1, 0.15) is 41.0 Å². The van der Waals surface area contributed by atoms with Crippen molar-refractivity contribution in [3.63, 3.8) is 0 Å². The zero-order valence-electron chi connectivity index (χ0n) is 13.0. The Balaban J connectivity index is 2.96. The van der Waals surface area contributed by atoms with E-state index in [1.165, 1.54) is 18.9 Å². The van der Waals surface area contributed by atoms with E-state index in [0.717, 1.165) is 0 Å². The molecule has 0 saturated carbocycles. The van der Waals surface area contributed by atoms with Crippen LogP contribution in [0.5, 0.6) is 0 Å². The van der Waals surface area contributed by atoms with Crippen LogP contribution in [0.2, 0.25) is 0 Å². The summed E-state index contributed by atoms with van der Waals surface area (Å²) in [5.41, 5.74) is -1.95. The minimum atomic E-state index is -1.32. The van der Waals surface area contributed by atoms with Gasteiger partial charge in [0.15, 0.2) is 5.78 Å². The Kier molecular flexibility index (Phi) is 4.46. The van der Waals surface area contributed by atoms with E-state index in [1.54, 1.807) is 27.7 Å². The molecule has 1 rings (SSSR count). The molecule has 114 valence electrons. The van der Waals surface area contributed by atoms with Crippen molar-refractivity contribution in [1.82, 2.24) is 4.90 Å². The molecule has 0 N–H and O–H groups in total. The van der Waals surface area contributed by atoms with Crippen LogP contribution in [0.25, 0.3) is 0 Å². The van der Waals surface area contributed by atoms with E-state index in [9.17, 15) is 14.4 Å². The standard InChI is InChI=1S/C14H23NO5/c1-9-7-10(16)14(5,11(17)19-6)8-15(9)12(18)20-13(2,3)4/h9H,7-8H2,1-6H3/t9-,14-/m1/s1. The Hall–Kier alpha value is -1.59. The second-order valence-corrected chi connectivity index (χ2v) is 6.41. The Morgan fingerprint density at radius 1 is 1.35 bits per heavy atom. The molecule has 0 aromatic heterocycles. The van der Waals surface area contributed by atoms with Gasteiger partial charge in [0.05, 0.1) is 7.11 Å². The molecule has 6 heteroatoms. The van der Waals surface area contributed by atoms with Gasteiger partial charge in [-0.05, 0) is 34.6 Å². The van der Waals surface area contributed by atoms with Crippen molar-refractivity contribution in [3.05, 3.63) is 0 Å². The highest BCUT2D eigenvalue weighted by Crippen LogP contribution is 2.31. The van der Waals surface area contributed by atoms with Crippen molar-refractivity contribution in [2.45, 2.75) is 52.7 Å². The SMILES string of the molecule is COC(=O)[C@]1(C)CN(C(=O)OC(C)(C)C)[C@H](C)CC1=O. The molecule has 2 atom stereocenters. The molecule has 0 unspecified atom stereocenters. The Morgan fingerprint density at radius 2 is 1.90 bits per heavy atom. The number of esters is 1. The summed E-state index contributed by atoms with van der Waals surface area (Å²) >= 11 is 0. The molecule has 1 amide bonds. The van der Waals surface area contributed by atoms with E-state index in [0.29, 0.717) is 0 Å². The average Bonchev–Trinajstić information content (AvgIpc) is 2.30. The van der Waals surface area contributed by atoms with Crippen LogP contribution >= 0.6 is 0 Å². The fourth-order valence-electron chi connectivity index (χ4n) is 2.16. The first-order chi connectivity index (χ1) is 9.01. The maximum atomic E-state index is 12.2. The summed E-state index contributed by atoms with van der Waals surface area (Å²) in [6.07, 6.45) is -0.405. The van der Waals surface area contributed by atoms with Crippen LogP contribution < -0.4 is 0 Å². The Morgan fingerprint density at radius 3 is 2.35 bits per heavy atom. The Bertz CT molecular complexity index is 426. The number of Topliss-reactive ketones (excluding diaryl/α,β-unsaturated/α-hetero) is 1. The van der Waals surface area contributed by atoms with Gasteiger partial charge in [0.2, 0.25) is 0 Å². The highest BCUT2D eigenvalue weighted by molar-refractivity contribution is 6.05. The third-order valence-electron chi connectivity index (χ3n) is 3.38. The van der Waals surface area contributed by atoms with Gasteiger partial charge < -0.3 is 14.4 Å². The van der Waals surface area contributed by atoms with Crippen molar-refractivity contribution in [1.29, 1.82) is 0 Å². The predicted octanol–water partition coefficient (Wildman–Crippen LogP) is 1.76. The zero-order chi connectivity index (χ0) is 15.7. The fraction of sp³-hybridized carbons (Fsp3) is 0.786. The number of rotatable bonds is 1. The van der Waals surface area contributed by atoms with E-state index in [-0.39, 0.29) is 24.8 Å². The van der Waals surface area contributed by atoms with Gasteiger partial charge in [0, 0.05) is 19.0 Å². The fourth-order valence-corrected chi connectivity index (χ4v) is 2.16. The lowest BCUT2D eigenvalue weighted by molar-refractivity contribution is -0.161. The predicted molar refractivity (Wildman–Crippen MR) is 72.1 cm³/mol. The first-order valence-corrected chi connectivity index (χ1v) is 6.62. The summed E-state index contributed by atoms with van der Waals surface area (Å²) in [5.74, 6) is -0.834. The second-order valence-electron chi connectivity index (χ2n) is 6.41. The summed E-state index contributed by atoms with van der Waals surface area (Å²) in [4.78, 5) is 37.5. The largest absolute Gasteiger partial charge is 0.468 e. The molecule has 0 aromatic carbocycles. The van der Waals surface area contributed by atoms with Crippen LogP contribution in [0.4, 0.5) is 4.79 Å². The monoisotopic (exact) mass is 285 g/mol. The van der Waals surface area contributed by atoms with Gasteiger partial charge in [0.1, 0.15) is 11.0 Å². The quantitative estimate of drug-likeness (QED) is 0.542. The normalized spacial score (nSPS) is 27.2. The molecule has 1 heterocycles. The number of hydrogen-bond donors (Lipinski definition) is 0. The average molecular weight is 285 g/mol. The van der Waals surface area contributed by atoms with Gasteiger partial charge >= 0.3 is 12.1 Å². The minimum Gasteiger partial charge on any atom is -0.468 e. The zero-order valence-corrected chi connectivity index (χ0v) is 13.0. The molecule has 20 heavy (non-hydrogen) atoms. The number of amides is 1. The van der Waals surface area contributed by atoms with Crippen molar-refractivity contribution in [2.24, 2.45) is 5.41 Å². The number of piperidine rings is 1. The molecule has 0 aromatic rings. The number of methoxy groups -OCH3 is 1. The van der Waals surface area contributed by atoms with Crippen LogP contribution in [0, 0.1) is 5.41 Å². The second kappa shape index (κ2) is 5.42. The summed E-state index contributed by atoms with van der Waals surface area (Å²) in [7, 11) is 1.23. The van der Waals surface area contributed by atoms with Gasteiger partial charge in [-0.3, -0.25) is 9.59 Å². The molecule has 6 nitrogen and oxygen atoms in total. The number of likely N-dealkylation sites (tertiary alicyclic amines) is 1. The van der Waals surface area contributed by atoms with E-state index in [1.807, 2.05) is 0 Å². The van der Waals surface area contributed by atoms with E-state index in [4.69, 9.17) is 4.74 Å². The van der Waals surface area contributed by atoms with Gasteiger partial charge in [-0.1, -0.05) is 0 Å². The first-order valence-electron chi connectivity index (χ1n) is 6.62. The van der Waals surface area contributed by atoms with Gasteiger partial charge in [-0.2, -0.15) is 0 Å². The minimum absolute atomic E-state index is 0.0193. The molecule has 1 aliphatic rings. The highest BCUT2D eigenvalue weighted by Gasteiger charge is 2.50. The van der Waals surface area contributed by atoms with Crippen LogP contribution in [-0.4, -0.2) is 48.0 Å². The third-order valence-corrected chi connectivity index (χ3v) is 3.38. The lowest BCUT2D eigenvalue weighted by Crippen LogP contribution is -2.58. The van der Waals surface area contributed by atoms with E-state index >= 15 is 0 Å². The number of nitrogens with zero attached hydrogens (tertiary/aromatic N) is 1. The molecular formula is C14H23NO5. The van der Waals surface area contributed by atoms with Crippen LogP contribution in [0.15, 0.2) is 0 Å². The molecule has 0 aliphatic carbocycles. The molecule has 1 saturated heterocycles. The van der Waals surface area contributed by atoms with Crippen LogP contribution in [-0.2, 0) is 19.1 Å². The smallest absolute Gasteiger partial charge is 0.410 e. The number of ether oxygens (including phenoxy) is 2. The van der Waals surface area contributed by atoms with E-state index in [2.05, 4.69) is 4.74 Å². The molecule has 0 bridgehead atoms. The molecule has 1 fully saturated rings. The summed E-state index contributed by atoms with van der Waals surface area (Å²) < 4.78 is 10.0. The van der Waals surface area contributed by atoms with Gasteiger partial charge in [0.25, 0.3) is 0 Å². The number of hydrogen-bond acceptors (Lipinski definition) is 5. The van der Waals surface area contributed by atoms with Gasteiger partial charge in [-0.15, -0.1) is 0 Å². The van der Waals surface area contributed by atoms with Crippen molar-refractivity contribution < 1.29 is 23.9 Å². The van der Waals surface area contributed by atoms with Crippen molar-refractivity contribution >= 4 is 17.8 Å². The third kappa shape index (κ3) is 3.29. The molecule has 0 radical (unpaired) electrons. The molecular weight excluding hydrogens is 262 g/mol. The number of ketones is 1. The summed E-state index contributed by atoms with van der Waals surface area (Å²) in [5, 5.41) is 0. The van der Waals surface area contributed by atoms with Crippen molar-refractivity contribution in [2.75, 3.05) is 13.7 Å². The highest BCUT2D eigenvalue weighted by atomic mass is 16.6. The molecule has 0 spiro atoms. The maximum Gasteiger partial charge on any atom is 0.410 e. The summed E-state index contributed by atoms with van der Waals surface area (Å²) in [6.45, 7) is 8.55. The van der Waals surface area contributed by atoms with E-state index < -0.39 is 23.1 Å². The lowest BCUT2D eigenvalue weighted by atomic mass is 9.78. The Labute approximate surface area is 119 Å². The number of carbonyl (C=O) groups is 3. The topological polar surface area (TPSA) is 72.9 Å². The van der Waals surface area contributed by atoms with Crippen molar-refractivity contribution in [3.8, 4) is 0 Å². The van der Waals surface area contributed by atoms with Gasteiger partial charge in [-0.25, -0.2) is 4.79 Å². The first kappa shape index (κ1) is 16.5. The maximum absolute atomic E-state index is 12.2. The lowest BCUT2D eigenvalue weighted by Gasteiger charge is -2.41. The molecule has 1 aliphatic heterocycles. The summed E-state index contributed by atoms with van der Waals surface area (Å²) in [6, 6.07) is -0.296. The number of carbonyl (C=O) groups excluding carboxylic acids is 3.